The van der Waals surface area contributed by atoms with Gasteiger partial charge in [-0.2, -0.15) is 0 Å². The van der Waals surface area contributed by atoms with Gasteiger partial charge in [0.05, 0.1) is 0 Å². The number of hydrogen-bond acceptors (Lipinski definition) is 3. The molecule has 0 aromatic heterocycles. The Balaban J connectivity index is 1.50. The molecular formula is C21H39N3O. The van der Waals surface area contributed by atoms with Gasteiger partial charge in [0.25, 0.3) is 0 Å². The third kappa shape index (κ3) is 5.43. The fourth-order valence-corrected chi connectivity index (χ4v) is 5.31. The zero-order valence-corrected chi connectivity index (χ0v) is 16.2. The summed E-state index contributed by atoms with van der Waals surface area (Å²) in [7, 11) is 0. The molecule has 1 unspecified atom stereocenters. The summed E-state index contributed by atoms with van der Waals surface area (Å²) >= 11 is 0. The fraction of sp³-hybridized carbons (Fsp3) is 0.952. The quantitative estimate of drug-likeness (QED) is 0.827. The highest BCUT2D eigenvalue weighted by atomic mass is 16.2. The van der Waals surface area contributed by atoms with Crippen molar-refractivity contribution in [2.45, 2.75) is 77.0 Å². The Morgan fingerprint density at radius 2 is 1.60 bits per heavy atom. The monoisotopic (exact) mass is 349 g/mol. The third-order valence-electron chi connectivity index (χ3n) is 6.96. The molecule has 25 heavy (non-hydrogen) atoms. The number of piperidine rings is 1. The highest BCUT2D eigenvalue weighted by Gasteiger charge is 2.35. The van der Waals surface area contributed by atoms with Crippen molar-refractivity contribution in [1.82, 2.24) is 9.80 Å². The molecule has 1 atom stereocenters. The Morgan fingerprint density at radius 3 is 2.28 bits per heavy atom. The lowest BCUT2D eigenvalue weighted by molar-refractivity contribution is -0.136. The molecule has 1 saturated carbocycles. The van der Waals surface area contributed by atoms with Gasteiger partial charge in [-0.1, -0.05) is 32.1 Å². The minimum Gasteiger partial charge on any atom is -0.342 e. The zero-order chi connectivity index (χ0) is 17.5. The standard InChI is InChI=1S/C21H39N3O/c22-18-21(10-4-3-5-11-21)15-20(25)24-14-8-9-19(17-24)16-23-12-6-1-2-7-13-23/h19H,1-18,22H2. The van der Waals surface area contributed by atoms with E-state index in [0.29, 0.717) is 24.8 Å². The number of hydrogen-bond donors (Lipinski definition) is 1. The summed E-state index contributed by atoms with van der Waals surface area (Å²) in [6.07, 6.45) is 14.8. The highest BCUT2D eigenvalue weighted by Crippen LogP contribution is 2.39. The van der Waals surface area contributed by atoms with Gasteiger partial charge >= 0.3 is 0 Å². The van der Waals surface area contributed by atoms with Crippen molar-refractivity contribution in [1.29, 1.82) is 0 Å². The minimum atomic E-state index is 0.104. The van der Waals surface area contributed by atoms with E-state index < -0.39 is 0 Å². The largest absolute Gasteiger partial charge is 0.342 e. The second kappa shape index (κ2) is 9.36. The van der Waals surface area contributed by atoms with Crippen LogP contribution < -0.4 is 5.73 Å². The zero-order valence-electron chi connectivity index (χ0n) is 16.2. The second-order valence-electron chi connectivity index (χ2n) is 9.00. The Hall–Kier alpha value is -0.610. The third-order valence-corrected chi connectivity index (χ3v) is 6.96. The lowest BCUT2D eigenvalue weighted by Crippen LogP contribution is -2.46. The number of carbonyl (C=O) groups is 1. The summed E-state index contributed by atoms with van der Waals surface area (Å²) in [5.74, 6) is 1.06. The van der Waals surface area contributed by atoms with Crippen LogP contribution in [-0.2, 0) is 4.79 Å². The Kier molecular flexibility index (Phi) is 7.18. The molecule has 3 aliphatic rings. The molecule has 2 aliphatic heterocycles. The van der Waals surface area contributed by atoms with Gasteiger partial charge in [0.15, 0.2) is 0 Å². The van der Waals surface area contributed by atoms with Crippen molar-refractivity contribution >= 4 is 5.91 Å². The van der Waals surface area contributed by atoms with Gasteiger partial charge in [0.2, 0.25) is 5.91 Å². The number of rotatable bonds is 5. The second-order valence-corrected chi connectivity index (χ2v) is 9.00. The first kappa shape index (κ1) is 19.2. The first-order valence-corrected chi connectivity index (χ1v) is 10.9. The van der Waals surface area contributed by atoms with Gasteiger partial charge < -0.3 is 15.5 Å². The Labute approximate surface area is 154 Å². The summed E-state index contributed by atoms with van der Waals surface area (Å²) in [4.78, 5) is 17.8. The topological polar surface area (TPSA) is 49.6 Å². The van der Waals surface area contributed by atoms with Crippen molar-refractivity contribution in [3.63, 3.8) is 0 Å². The van der Waals surface area contributed by atoms with Crippen LogP contribution in [0.5, 0.6) is 0 Å². The van der Waals surface area contributed by atoms with E-state index in [0.717, 1.165) is 25.9 Å². The van der Waals surface area contributed by atoms with Crippen LogP contribution in [0.4, 0.5) is 0 Å². The molecule has 1 amide bonds. The van der Waals surface area contributed by atoms with Crippen molar-refractivity contribution in [3.05, 3.63) is 0 Å². The molecular weight excluding hydrogens is 310 g/mol. The molecule has 4 heteroatoms. The summed E-state index contributed by atoms with van der Waals surface area (Å²) in [5, 5.41) is 0. The van der Waals surface area contributed by atoms with Gasteiger partial charge in [-0.05, 0) is 69.5 Å². The number of amides is 1. The molecule has 3 rings (SSSR count). The minimum absolute atomic E-state index is 0.104. The molecule has 4 nitrogen and oxygen atoms in total. The Morgan fingerprint density at radius 1 is 0.920 bits per heavy atom. The van der Waals surface area contributed by atoms with Crippen LogP contribution in [0.2, 0.25) is 0 Å². The van der Waals surface area contributed by atoms with Gasteiger partial charge in [-0.3, -0.25) is 4.79 Å². The van der Waals surface area contributed by atoms with E-state index in [1.54, 1.807) is 0 Å². The molecule has 0 aromatic rings. The smallest absolute Gasteiger partial charge is 0.223 e. The Bertz CT molecular complexity index is 411. The molecule has 2 saturated heterocycles. The van der Waals surface area contributed by atoms with Gasteiger partial charge in [0.1, 0.15) is 0 Å². The molecule has 3 fully saturated rings. The number of nitrogens with zero attached hydrogens (tertiary/aromatic N) is 2. The SMILES string of the molecule is NCC1(CC(=O)N2CCCC(CN3CCCCCC3)C2)CCCCC1. The van der Waals surface area contributed by atoms with Gasteiger partial charge in [0, 0.05) is 26.1 Å². The van der Waals surface area contributed by atoms with E-state index >= 15 is 0 Å². The van der Waals surface area contributed by atoms with E-state index in [2.05, 4.69) is 9.80 Å². The maximum Gasteiger partial charge on any atom is 0.223 e. The van der Waals surface area contributed by atoms with Crippen molar-refractivity contribution in [2.24, 2.45) is 17.1 Å². The summed E-state index contributed by atoms with van der Waals surface area (Å²) in [6.45, 7) is 6.36. The average Bonchev–Trinajstić information content (AvgIpc) is 2.91. The van der Waals surface area contributed by atoms with Gasteiger partial charge in [-0.15, -0.1) is 0 Å². The molecule has 0 bridgehead atoms. The molecule has 0 radical (unpaired) electrons. The molecule has 144 valence electrons. The van der Waals surface area contributed by atoms with Crippen LogP contribution in [0.15, 0.2) is 0 Å². The van der Waals surface area contributed by atoms with E-state index in [1.165, 1.54) is 77.4 Å². The van der Waals surface area contributed by atoms with Crippen LogP contribution in [0.1, 0.15) is 77.0 Å². The van der Waals surface area contributed by atoms with Crippen LogP contribution in [0, 0.1) is 11.3 Å². The number of carbonyl (C=O) groups excluding carboxylic acids is 1. The predicted molar refractivity (Wildman–Crippen MR) is 103 cm³/mol. The van der Waals surface area contributed by atoms with Crippen LogP contribution in [0.3, 0.4) is 0 Å². The van der Waals surface area contributed by atoms with Gasteiger partial charge in [-0.25, -0.2) is 0 Å². The number of nitrogens with two attached hydrogens (primary N) is 1. The van der Waals surface area contributed by atoms with Crippen molar-refractivity contribution in [2.75, 3.05) is 39.3 Å². The van der Waals surface area contributed by atoms with Crippen molar-refractivity contribution < 1.29 is 4.79 Å². The van der Waals surface area contributed by atoms with Crippen LogP contribution >= 0.6 is 0 Å². The maximum absolute atomic E-state index is 13.0. The van der Waals surface area contributed by atoms with Crippen LogP contribution in [0.25, 0.3) is 0 Å². The van der Waals surface area contributed by atoms with E-state index in [9.17, 15) is 4.79 Å². The van der Waals surface area contributed by atoms with Crippen molar-refractivity contribution in [3.8, 4) is 0 Å². The molecule has 0 spiro atoms. The molecule has 0 aromatic carbocycles. The number of likely N-dealkylation sites (tertiary alicyclic amines) is 2. The van der Waals surface area contributed by atoms with Crippen LogP contribution in [-0.4, -0.2) is 55.0 Å². The molecule has 2 heterocycles. The predicted octanol–water partition coefficient (Wildman–Crippen LogP) is 3.40. The summed E-state index contributed by atoms with van der Waals surface area (Å²) < 4.78 is 0. The first-order chi connectivity index (χ1) is 12.2. The molecule has 2 N–H and O–H groups in total. The highest BCUT2D eigenvalue weighted by molar-refractivity contribution is 5.77. The van der Waals surface area contributed by atoms with E-state index in [4.69, 9.17) is 5.73 Å². The first-order valence-electron chi connectivity index (χ1n) is 10.9. The lowest BCUT2D eigenvalue weighted by Gasteiger charge is -2.40. The summed E-state index contributed by atoms with van der Waals surface area (Å²) in [6, 6.07) is 0. The van der Waals surface area contributed by atoms with E-state index in [1.807, 2.05) is 0 Å². The normalized spacial score (nSPS) is 28.5. The summed E-state index contributed by atoms with van der Waals surface area (Å²) in [5.41, 5.74) is 6.21. The lowest BCUT2D eigenvalue weighted by atomic mass is 9.71. The average molecular weight is 350 g/mol. The van der Waals surface area contributed by atoms with E-state index in [-0.39, 0.29) is 5.41 Å². The fourth-order valence-electron chi connectivity index (χ4n) is 5.31. The maximum atomic E-state index is 13.0. The molecule has 1 aliphatic carbocycles.